The van der Waals surface area contributed by atoms with Crippen molar-refractivity contribution in [2.45, 2.75) is 120 Å². The Hall–Kier alpha value is -1.62. The van der Waals surface area contributed by atoms with E-state index in [1.54, 1.807) is 13.2 Å². The van der Waals surface area contributed by atoms with Crippen LogP contribution in [0.2, 0.25) is 0 Å². The molecule has 40 heavy (non-hydrogen) atoms. The van der Waals surface area contributed by atoms with Crippen LogP contribution >= 0.6 is 0 Å². The van der Waals surface area contributed by atoms with Crippen molar-refractivity contribution in [2.75, 3.05) is 7.11 Å². The van der Waals surface area contributed by atoms with E-state index in [2.05, 4.69) is 6.92 Å². The molecule has 0 aromatic carbocycles. The molecule has 9 heteroatoms. The van der Waals surface area contributed by atoms with E-state index in [0.717, 1.165) is 37.7 Å². The molecule has 4 aliphatic carbocycles. The number of ether oxygens (including phenoxy) is 3. The summed E-state index contributed by atoms with van der Waals surface area (Å²) in [5, 5.41) is 33.5. The minimum absolute atomic E-state index is 0.0409. The normalized spacial score (nSPS) is 50.5. The molecule has 1 aliphatic heterocycles. The Kier molecular flexibility index (Phi) is 7.32. The summed E-state index contributed by atoms with van der Waals surface area (Å²) in [5.74, 6) is 0.398. The predicted octanol–water partition coefficient (Wildman–Crippen LogP) is 2.93. The first-order chi connectivity index (χ1) is 19.1. The molecule has 3 N–H and O–H groups in total. The van der Waals surface area contributed by atoms with Crippen LogP contribution in [-0.4, -0.2) is 71.1 Å². The average molecular weight is 561 g/mol. The zero-order valence-corrected chi connectivity index (χ0v) is 23.7. The fourth-order valence-electron chi connectivity index (χ4n) is 9.91. The number of fused-ring (bicyclic) bond motifs is 5. The standard InChI is InChI=1S/C31H44O9/c1-17-25(34)27(37-3)26(35)28(39-17)40-20-8-12-30(16-32)19(14-20)5-6-23-22(30)9-11-29(2)21(10-13-31(23,29)36)18-4-7-24(33)38-15-18/h4,7,15-17,19-23,25-28,34-36H,5-6,8-14H2,1-3H3/t17-,19-,20-,21+,22+,23+,25-,26-,27+,28-,29+,30+,31-/m0/s1. The summed E-state index contributed by atoms with van der Waals surface area (Å²) in [4.78, 5) is 24.6. The van der Waals surface area contributed by atoms with Crippen LogP contribution in [0.15, 0.2) is 27.6 Å². The molecule has 1 saturated heterocycles. The molecule has 0 amide bonds. The van der Waals surface area contributed by atoms with Crippen LogP contribution in [-0.2, 0) is 19.0 Å². The topological polar surface area (TPSA) is 136 Å². The Morgan fingerprint density at radius 2 is 1.82 bits per heavy atom. The van der Waals surface area contributed by atoms with Crippen LogP contribution in [0.4, 0.5) is 0 Å². The van der Waals surface area contributed by atoms with Crippen molar-refractivity contribution in [1.82, 2.24) is 0 Å². The second-order valence-corrected chi connectivity index (χ2v) is 13.5. The first kappa shape index (κ1) is 28.5. The molecule has 0 radical (unpaired) electrons. The highest BCUT2D eigenvalue weighted by atomic mass is 16.7. The molecule has 0 spiro atoms. The Morgan fingerprint density at radius 3 is 2.52 bits per heavy atom. The van der Waals surface area contributed by atoms with E-state index in [-0.39, 0.29) is 40.8 Å². The van der Waals surface area contributed by atoms with E-state index in [0.29, 0.717) is 25.7 Å². The van der Waals surface area contributed by atoms with E-state index in [1.165, 1.54) is 19.5 Å². The fourth-order valence-corrected chi connectivity index (χ4v) is 9.91. The van der Waals surface area contributed by atoms with Crippen molar-refractivity contribution in [2.24, 2.45) is 28.6 Å². The Balaban J connectivity index is 1.19. The van der Waals surface area contributed by atoms with Gasteiger partial charge in [0.2, 0.25) is 0 Å². The summed E-state index contributed by atoms with van der Waals surface area (Å²) >= 11 is 0. The number of aliphatic hydroxyl groups is 3. The largest absolute Gasteiger partial charge is 0.431 e. The number of aliphatic hydroxyl groups excluding tert-OH is 2. The van der Waals surface area contributed by atoms with E-state index in [9.17, 15) is 24.9 Å². The van der Waals surface area contributed by atoms with Gasteiger partial charge in [0.1, 0.15) is 24.6 Å². The van der Waals surface area contributed by atoms with Gasteiger partial charge in [-0.3, -0.25) is 0 Å². The molecule has 5 aliphatic rings. The lowest BCUT2D eigenvalue weighted by molar-refractivity contribution is -0.312. The second-order valence-electron chi connectivity index (χ2n) is 13.5. The number of carbonyl (C=O) groups is 1. The molecule has 1 aromatic heterocycles. The molecule has 9 nitrogen and oxygen atoms in total. The summed E-state index contributed by atoms with van der Waals surface area (Å²) in [6.07, 6.45) is 5.26. The lowest BCUT2D eigenvalue weighted by atomic mass is 9.43. The van der Waals surface area contributed by atoms with Crippen LogP contribution in [0.25, 0.3) is 0 Å². The van der Waals surface area contributed by atoms with Crippen LogP contribution in [0.3, 0.4) is 0 Å². The number of methoxy groups -OCH3 is 1. The van der Waals surface area contributed by atoms with E-state index >= 15 is 0 Å². The number of carbonyl (C=O) groups excluding carboxylic acids is 1. The number of hydrogen-bond acceptors (Lipinski definition) is 9. The van der Waals surface area contributed by atoms with Gasteiger partial charge in [0.15, 0.2) is 6.29 Å². The van der Waals surface area contributed by atoms with Crippen molar-refractivity contribution >= 4 is 6.29 Å². The smallest absolute Gasteiger partial charge is 0.335 e. The molecular weight excluding hydrogens is 516 g/mol. The Labute approximate surface area is 235 Å². The van der Waals surface area contributed by atoms with E-state index < -0.39 is 41.7 Å². The fraction of sp³-hybridized carbons (Fsp3) is 0.806. The molecule has 2 heterocycles. The summed E-state index contributed by atoms with van der Waals surface area (Å²) in [6.45, 7) is 3.93. The van der Waals surface area contributed by atoms with Gasteiger partial charge in [0.05, 0.1) is 24.1 Å². The zero-order chi connectivity index (χ0) is 28.4. The third-order valence-corrected chi connectivity index (χ3v) is 12.1. The molecule has 222 valence electrons. The van der Waals surface area contributed by atoms with Crippen LogP contribution in [0, 0.1) is 28.6 Å². The maximum Gasteiger partial charge on any atom is 0.335 e. The van der Waals surface area contributed by atoms with Crippen LogP contribution in [0.1, 0.15) is 83.1 Å². The molecular formula is C31H44O9. The summed E-state index contributed by atoms with van der Waals surface area (Å²) in [7, 11) is 1.46. The maximum atomic E-state index is 13.0. The van der Waals surface area contributed by atoms with Crippen LogP contribution < -0.4 is 5.63 Å². The Morgan fingerprint density at radius 1 is 1.02 bits per heavy atom. The number of rotatable bonds is 5. The highest BCUT2D eigenvalue weighted by Crippen LogP contribution is 2.70. The van der Waals surface area contributed by atoms with Crippen molar-refractivity contribution in [3.8, 4) is 0 Å². The van der Waals surface area contributed by atoms with E-state index in [1.807, 2.05) is 6.07 Å². The summed E-state index contributed by atoms with van der Waals surface area (Å²) in [5.41, 5.74) is -1.12. The van der Waals surface area contributed by atoms with Gasteiger partial charge in [0.25, 0.3) is 0 Å². The molecule has 1 aromatic rings. The SMILES string of the molecule is CO[C@H]1[C@H](O)[C@H](O[C@H]2CC[C@@]3(C=O)[C@@H](CC[C@@H]4[C@H]3CC[C@]3(C)[C@@H](c5ccc(=O)oc5)CC[C@]43O)C2)O[C@@H](C)[C@@H]1O. The minimum Gasteiger partial charge on any atom is -0.431 e. The van der Waals surface area contributed by atoms with Gasteiger partial charge in [0, 0.05) is 24.0 Å². The molecule has 5 fully saturated rings. The first-order valence-electron chi connectivity index (χ1n) is 15.1. The van der Waals surface area contributed by atoms with Gasteiger partial charge in [-0.25, -0.2) is 4.79 Å². The lowest BCUT2D eigenvalue weighted by Crippen LogP contribution is -2.63. The summed E-state index contributed by atoms with van der Waals surface area (Å²) < 4.78 is 22.6. The third-order valence-electron chi connectivity index (χ3n) is 12.1. The average Bonchev–Trinajstić information content (AvgIpc) is 3.23. The molecule has 13 atom stereocenters. The van der Waals surface area contributed by atoms with Gasteiger partial charge in [-0.1, -0.05) is 6.92 Å². The molecule has 6 rings (SSSR count). The van der Waals surface area contributed by atoms with Crippen molar-refractivity contribution in [1.29, 1.82) is 0 Å². The minimum atomic E-state index is -1.11. The van der Waals surface area contributed by atoms with Gasteiger partial charge in [-0.2, -0.15) is 0 Å². The zero-order valence-electron chi connectivity index (χ0n) is 23.7. The van der Waals surface area contributed by atoms with Gasteiger partial charge in [-0.05, 0) is 100 Å². The third kappa shape index (κ3) is 4.10. The molecule has 0 unspecified atom stereocenters. The van der Waals surface area contributed by atoms with Crippen molar-refractivity contribution < 1.29 is 38.7 Å². The van der Waals surface area contributed by atoms with Gasteiger partial charge in [-0.15, -0.1) is 0 Å². The summed E-state index contributed by atoms with van der Waals surface area (Å²) in [6, 6.07) is 3.30. The van der Waals surface area contributed by atoms with E-state index in [4.69, 9.17) is 18.6 Å². The first-order valence-corrected chi connectivity index (χ1v) is 15.1. The second kappa shape index (κ2) is 10.3. The van der Waals surface area contributed by atoms with Crippen LogP contribution in [0.5, 0.6) is 0 Å². The van der Waals surface area contributed by atoms with Gasteiger partial charge < -0.3 is 38.7 Å². The predicted molar refractivity (Wildman–Crippen MR) is 143 cm³/mol. The maximum absolute atomic E-state index is 13.0. The quantitative estimate of drug-likeness (QED) is 0.367. The highest BCUT2D eigenvalue weighted by molar-refractivity contribution is 5.62. The molecule has 0 bridgehead atoms. The Bertz CT molecular complexity index is 1130. The number of aldehydes is 1. The lowest BCUT2D eigenvalue weighted by Gasteiger charge is -2.63. The van der Waals surface area contributed by atoms with Gasteiger partial charge >= 0.3 is 5.63 Å². The monoisotopic (exact) mass is 560 g/mol. The van der Waals surface area contributed by atoms with Crippen molar-refractivity contribution in [3.63, 3.8) is 0 Å². The number of hydrogen-bond donors (Lipinski definition) is 3. The highest BCUT2D eigenvalue weighted by Gasteiger charge is 2.68. The molecule has 4 saturated carbocycles. The van der Waals surface area contributed by atoms with Crippen molar-refractivity contribution in [3.05, 3.63) is 34.4 Å².